The van der Waals surface area contributed by atoms with Crippen molar-refractivity contribution in [3.63, 3.8) is 0 Å². The number of rotatable bonds is 8. The molecule has 0 bridgehead atoms. The van der Waals surface area contributed by atoms with E-state index in [1.54, 1.807) is 24.3 Å². The van der Waals surface area contributed by atoms with Crippen LogP contribution in [0.5, 0.6) is 0 Å². The maximum absolute atomic E-state index is 12.1. The van der Waals surface area contributed by atoms with Crippen LogP contribution in [0, 0.1) is 11.8 Å². The van der Waals surface area contributed by atoms with Crippen molar-refractivity contribution in [1.29, 1.82) is 0 Å². The standard InChI is InChI=1S/C20H29ClN2O2/c1-15(2)14-23-10-8-16(9-11-23)13-22-20(25)7-6-19(24)17-4-3-5-18(21)12-17/h3-5,12,15-16H,6-11,13-14H2,1-2H3,(H,22,25). The minimum Gasteiger partial charge on any atom is -0.356 e. The van der Waals surface area contributed by atoms with E-state index >= 15 is 0 Å². The van der Waals surface area contributed by atoms with Crippen molar-refractivity contribution < 1.29 is 9.59 Å². The maximum atomic E-state index is 12.1. The molecule has 0 saturated carbocycles. The normalized spacial score (nSPS) is 16.2. The van der Waals surface area contributed by atoms with Crippen LogP contribution in [0.3, 0.4) is 0 Å². The van der Waals surface area contributed by atoms with Gasteiger partial charge in [0.1, 0.15) is 0 Å². The fraction of sp³-hybridized carbons (Fsp3) is 0.600. The maximum Gasteiger partial charge on any atom is 0.220 e. The highest BCUT2D eigenvalue weighted by Crippen LogP contribution is 2.17. The molecule has 1 N–H and O–H groups in total. The lowest BCUT2D eigenvalue weighted by atomic mass is 9.96. The Morgan fingerprint density at radius 3 is 2.60 bits per heavy atom. The number of hydrogen-bond donors (Lipinski definition) is 1. The lowest BCUT2D eigenvalue weighted by Gasteiger charge is -2.33. The zero-order valence-corrected chi connectivity index (χ0v) is 16.0. The zero-order chi connectivity index (χ0) is 18.2. The van der Waals surface area contributed by atoms with Gasteiger partial charge in [-0.3, -0.25) is 9.59 Å². The van der Waals surface area contributed by atoms with Crippen LogP contribution < -0.4 is 5.32 Å². The predicted octanol–water partition coefficient (Wildman–Crippen LogP) is 3.79. The largest absolute Gasteiger partial charge is 0.356 e. The van der Waals surface area contributed by atoms with E-state index in [4.69, 9.17) is 11.6 Å². The summed E-state index contributed by atoms with van der Waals surface area (Å²) in [6.07, 6.45) is 2.72. The van der Waals surface area contributed by atoms with Crippen molar-refractivity contribution in [3.8, 4) is 0 Å². The van der Waals surface area contributed by atoms with Gasteiger partial charge in [0.2, 0.25) is 5.91 Å². The highest BCUT2D eigenvalue weighted by molar-refractivity contribution is 6.31. The molecule has 5 heteroatoms. The Morgan fingerprint density at radius 2 is 1.96 bits per heavy atom. The predicted molar refractivity (Wildman–Crippen MR) is 102 cm³/mol. The number of benzene rings is 1. The van der Waals surface area contributed by atoms with E-state index in [0.717, 1.165) is 39.0 Å². The van der Waals surface area contributed by atoms with Gasteiger partial charge in [-0.05, 0) is 49.9 Å². The van der Waals surface area contributed by atoms with E-state index in [-0.39, 0.29) is 24.5 Å². The van der Waals surface area contributed by atoms with Crippen LogP contribution in [0.15, 0.2) is 24.3 Å². The Labute approximate surface area is 155 Å². The van der Waals surface area contributed by atoms with Crippen molar-refractivity contribution in [1.82, 2.24) is 10.2 Å². The topological polar surface area (TPSA) is 49.4 Å². The van der Waals surface area contributed by atoms with Crippen molar-refractivity contribution in [3.05, 3.63) is 34.9 Å². The van der Waals surface area contributed by atoms with Gasteiger partial charge in [0, 0.05) is 36.5 Å². The van der Waals surface area contributed by atoms with Crippen molar-refractivity contribution >= 4 is 23.3 Å². The number of amides is 1. The van der Waals surface area contributed by atoms with Crippen LogP contribution in [-0.4, -0.2) is 42.8 Å². The van der Waals surface area contributed by atoms with Gasteiger partial charge in [-0.15, -0.1) is 0 Å². The van der Waals surface area contributed by atoms with Crippen LogP contribution in [0.4, 0.5) is 0 Å². The molecule has 1 aromatic carbocycles. The third kappa shape index (κ3) is 7.17. The minimum absolute atomic E-state index is 0.0417. The molecule has 0 atom stereocenters. The number of hydrogen-bond acceptors (Lipinski definition) is 3. The molecule has 25 heavy (non-hydrogen) atoms. The molecule has 0 aliphatic carbocycles. The number of halogens is 1. The lowest BCUT2D eigenvalue weighted by Crippen LogP contribution is -2.40. The molecule has 1 amide bonds. The number of carbonyl (C=O) groups is 2. The van der Waals surface area contributed by atoms with Gasteiger partial charge in [0.05, 0.1) is 0 Å². The number of Topliss-reactive ketones (excluding diaryl/α,β-unsaturated/α-hetero) is 1. The van der Waals surface area contributed by atoms with Crippen LogP contribution in [0.25, 0.3) is 0 Å². The van der Waals surface area contributed by atoms with E-state index in [1.807, 2.05) is 0 Å². The Balaban J connectivity index is 1.64. The lowest BCUT2D eigenvalue weighted by molar-refractivity contribution is -0.121. The summed E-state index contributed by atoms with van der Waals surface area (Å²) in [7, 11) is 0. The summed E-state index contributed by atoms with van der Waals surface area (Å²) < 4.78 is 0. The second-order valence-corrected chi connectivity index (χ2v) is 7.81. The van der Waals surface area contributed by atoms with Crippen LogP contribution in [-0.2, 0) is 4.79 Å². The van der Waals surface area contributed by atoms with E-state index in [9.17, 15) is 9.59 Å². The van der Waals surface area contributed by atoms with Gasteiger partial charge >= 0.3 is 0 Å². The van der Waals surface area contributed by atoms with Crippen molar-refractivity contribution in [2.45, 2.75) is 39.5 Å². The van der Waals surface area contributed by atoms with Crippen LogP contribution in [0.2, 0.25) is 5.02 Å². The Bertz CT molecular complexity index is 581. The van der Waals surface area contributed by atoms with Crippen LogP contribution in [0.1, 0.15) is 49.9 Å². The molecule has 1 aliphatic rings. The summed E-state index contributed by atoms with van der Waals surface area (Å²) in [5.41, 5.74) is 0.567. The van der Waals surface area contributed by atoms with Gasteiger partial charge in [0.15, 0.2) is 5.78 Å². The van der Waals surface area contributed by atoms with Gasteiger partial charge in [-0.1, -0.05) is 37.6 Å². The average molecular weight is 365 g/mol. The summed E-state index contributed by atoms with van der Waals surface area (Å²) in [6, 6.07) is 6.86. The molecule has 2 rings (SSSR count). The summed E-state index contributed by atoms with van der Waals surface area (Å²) in [5.74, 6) is 1.17. The SMILES string of the molecule is CC(C)CN1CCC(CNC(=O)CCC(=O)c2cccc(Cl)c2)CC1. The number of ketones is 1. The Morgan fingerprint density at radius 1 is 1.24 bits per heavy atom. The Kier molecular flexibility index (Phi) is 7.91. The smallest absolute Gasteiger partial charge is 0.220 e. The molecule has 0 unspecified atom stereocenters. The van der Waals surface area contributed by atoms with E-state index in [0.29, 0.717) is 22.4 Å². The first-order chi connectivity index (χ1) is 11.9. The quantitative estimate of drug-likeness (QED) is 0.714. The summed E-state index contributed by atoms with van der Waals surface area (Å²) in [5, 5.41) is 3.53. The monoisotopic (exact) mass is 364 g/mol. The first-order valence-electron chi connectivity index (χ1n) is 9.22. The Hall–Kier alpha value is -1.39. The molecule has 1 aliphatic heterocycles. The second kappa shape index (κ2) is 9.93. The molecule has 1 saturated heterocycles. The van der Waals surface area contributed by atoms with Crippen molar-refractivity contribution in [2.75, 3.05) is 26.2 Å². The fourth-order valence-corrected chi connectivity index (χ4v) is 3.46. The van der Waals surface area contributed by atoms with Crippen LogP contribution >= 0.6 is 11.6 Å². The highest BCUT2D eigenvalue weighted by Gasteiger charge is 2.20. The number of piperidine rings is 1. The molecule has 1 heterocycles. The first kappa shape index (κ1) is 19.9. The van der Waals surface area contributed by atoms with E-state index in [1.165, 1.54) is 0 Å². The molecule has 138 valence electrons. The number of nitrogens with one attached hydrogen (secondary N) is 1. The van der Waals surface area contributed by atoms with E-state index in [2.05, 4.69) is 24.1 Å². The molecular formula is C20H29ClN2O2. The number of likely N-dealkylation sites (tertiary alicyclic amines) is 1. The average Bonchev–Trinajstić information content (AvgIpc) is 2.58. The van der Waals surface area contributed by atoms with Gasteiger partial charge in [-0.2, -0.15) is 0 Å². The number of nitrogens with zero attached hydrogens (tertiary/aromatic N) is 1. The van der Waals surface area contributed by atoms with Gasteiger partial charge in [0.25, 0.3) is 0 Å². The molecule has 0 radical (unpaired) electrons. The molecule has 1 aromatic rings. The minimum atomic E-state index is -0.0420. The molecular weight excluding hydrogens is 336 g/mol. The second-order valence-electron chi connectivity index (χ2n) is 7.38. The highest BCUT2D eigenvalue weighted by atomic mass is 35.5. The molecule has 4 nitrogen and oxygen atoms in total. The third-order valence-electron chi connectivity index (χ3n) is 4.64. The van der Waals surface area contributed by atoms with Gasteiger partial charge < -0.3 is 10.2 Å². The molecule has 0 spiro atoms. The van der Waals surface area contributed by atoms with Crippen molar-refractivity contribution in [2.24, 2.45) is 11.8 Å². The summed E-state index contributed by atoms with van der Waals surface area (Å²) in [4.78, 5) is 26.6. The summed E-state index contributed by atoms with van der Waals surface area (Å²) >= 11 is 5.89. The van der Waals surface area contributed by atoms with E-state index < -0.39 is 0 Å². The first-order valence-corrected chi connectivity index (χ1v) is 9.59. The summed E-state index contributed by atoms with van der Waals surface area (Å²) in [6.45, 7) is 8.61. The molecule has 0 aromatic heterocycles. The fourth-order valence-electron chi connectivity index (χ4n) is 3.27. The number of carbonyl (C=O) groups excluding carboxylic acids is 2. The zero-order valence-electron chi connectivity index (χ0n) is 15.3. The molecule has 1 fully saturated rings. The third-order valence-corrected chi connectivity index (χ3v) is 4.88. The van der Waals surface area contributed by atoms with Gasteiger partial charge in [-0.25, -0.2) is 0 Å².